The van der Waals surface area contributed by atoms with E-state index in [4.69, 9.17) is 36.9 Å². The number of aryl methyl sites for hydroxylation is 2. The van der Waals surface area contributed by atoms with E-state index in [0.717, 1.165) is 12.0 Å². The zero-order valence-corrected chi connectivity index (χ0v) is 23.1. The van der Waals surface area contributed by atoms with Crippen LogP contribution in [-0.4, -0.2) is 44.6 Å². The fourth-order valence-corrected chi connectivity index (χ4v) is 3.52. The molecule has 1 atom stereocenters. The molecule has 198 valence electrons. The van der Waals surface area contributed by atoms with E-state index in [1.807, 2.05) is 39.0 Å². The first-order valence-corrected chi connectivity index (χ1v) is 12.6. The molecule has 2 aromatic carbocycles. The lowest BCUT2D eigenvalue weighted by Gasteiger charge is -2.22. The van der Waals surface area contributed by atoms with Crippen molar-refractivity contribution in [2.75, 3.05) is 33.4 Å². The number of methoxy groups -OCH3 is 1. The summed E-state index contributed by atoms with van der Waals surface area (Å²) in [5, 5.41) is 3.46. The van der Waals surface area contributed by atoms with Crippen LogP contribution in [0.2, 0.25) is 0 Å². The minimum atomic E-state index is -0.553. The van der Waals surface area contributed by atoms with Crippen LogP contribution in [-0.2, 0) is 27.3 Å². The highest BCUT2D eigenvalue weighted by molar-refractivity contribution is 7.80. The van der Waals surface area contributed by atoms with E-state index in [1.54, 1.807) is 7.11 Å². The van der Waals surface area contributed by atoms with Crippen molar-refractivity contribution in [3.05, 3.63) is 58.7 Å². The molecule has 0 fully saturated rings. The standard InChI is InChI=1S/C28H40N2O5S/c1-19-7-8-21(13-20(19)2)14-23(18-34-26(31)28(3,4)5)16-30-27(36)35-17-22-9-10-24(33-12-11-29)25(15-22)32-6/h7-10,13,15,23H,11-12,14,16-18,29H2,1-6H3,(H,30,36). The molecule has 3 N–H and O–H groups in total. The molecule has 0 aliphatic carbocycles. The van der Waals surface area contributed by atoms with Crippen molar-refractivity contribution >= 4 is 23.4 Å². The van der Waals surface area contributed by atoms with E-state index >= 15 is 0 Å². The van der Waals surface area contributed by atoms with Crippen molar-refractivity contribution < 1.29 is 23.7 Å². The molecule has 0 saturated heterocycles. The van der Waals surface area contributed by atoms with Crippen LogP contribution in [0.3, 0.4) is 0 Å². The Bertz CT molecular complexity index is 1020. The quantitative estimate of drug-likeness (QED) is 0.315. The van der Waals surface area contributed by atoms with E-state index in [9.17, 15) is 4.79 Å². The van der Waals surface area contributed by atoms with Crippen molar-refractivity contribution in [2.45, 2.75) is 47.6 Å². The van der Waals surface area contributed by atoms with Gasteiger partial charge in [0.1, 0.15) is 13.2 Å². The van der Waals surface area contributed by atoms with Crippen molar-refractivity contribution in [3.63, 3.8) is 0 Å². The smallest absolute Gasteiger partial charge is 0.311 e. The molecule has 0 aliphatic rings. The molecule has 0 radical (unpaired) electrons. The van der Waals surface area contributed by atoms with Gasteiger partial charge in [-0.25, -0.2) is 0 Å². The molecule has 2 rings (SSSR count). The summed E-state index contributed by atoms with van der Waals surface area (Å²) >= 11 is 5.40. The second-order valence-corrected chi connectivity index (χ2v) is 10.3. The highest BCUT2D eigenvalue weighted by Gasteiger charge is 2.24. The highest BCUT2D eigenvalue weighted by Crippen LogP contribution is 2.28. The maximum Gasteiger partial charge on any atom is 0.311 e. The fraction of sp³-hybridized carbons (Fsp3) is 0.500. The van der Waals surface area contributed by atoms with E-state index in [0.29, 0.717) is 37.8 Å². The summed E-state index contributed by atoms with van der Waals surface area (Å²) < 4.78 is 22.4. The van der Waals surface area contributed by atoms with Gasteiger partial charge in [0, 0.05) is 19.0 Å². The van der Waals surface area contributed by atoms with Gasteiger partial charge in [0.15, 0.2) is 11.5 Å². The highest BCUT2D eigenvalue weighted by atomic mass is 32.1. The first-order chi connectivity index (χ1) is 17.0. The zero-order chi connectivity index (χ0) is 26.7. The summed E-state index contributed by atoms with van der Waals surface area (Å²) in [5.41, 5.74) is 9.51. The summed E-state index contributed by atoms with van der Waals surface area (Å²) in [6.45, 7) is 11.7. The van der Waals surface area contributed by atoms with Gasteiger partial charge in [0.25, 0.3) is 5.17 Å². The Morgan fingerprint density at radius 2 is 1.75 bits per heavy atom. The normalized spacial score (nSPS) is 12.0. The molecule has 8 heteroatoms. The molecule has 0 heterocycles. The number of nitrogens with two attached hydrogens (primary N) is 1. The Balaban J connectivity index is 1.96. The van der Waals surface area contributed by atoms with Crippen LogP contribution in [0.1, 0.15) is 43.0 Å². The number of carbonyl (C=O) groups excluding carboxylic acids is 1. The van der Waals surface area contributed by atoms with Crippen molar-refractivity contribution in [3.8, 4) is 11.5 Å². The number of nitrogens with one attached hydrogen (secondary N) is 1. The van der Waals surface area contributed by atoms with Crippen LogP contribution in [0.4, 0.5) is 0 Å². The Morgan fingerprint density at radius 1 is 1.03 bits per heavy atom. The largest absolute Gasteiger partial charge is 0.493 e. The van der Waals surface area contributed by atoms with Gasteiger partial charge < -0.3 is 30.0 Å². The van der Waals surface area contributed by atoms with Crippen LogP contribution >= 0.6 is 12.2 Å². The lowest BCUT2D eigenvalue weighted by Crippen LogP contribution is -2.34. The summed E-state index contributed by atoms with van der Waals surface area (Å²) in [6, 6.07) is 12.0. The van der Waals surface area contributed by atoms with Crippen molar-refractivity contribution in [2.24, 2.45) is 17.1 Å². The maximum atomic E-state index is 12.3. The topological polar surface area (TPSA) is 92.0 Å². The van der Waals surface area contributed by atoms with Crippen LogP contribution in [0.15, 0.2) is 36.4 Å². The molecule has 1 unspecified atom stereocenters. The molecule has 7 nitrogen and oxygen atoms in total. The van der Waals surface area contributed by atoms with Crippen LogP contribution in [0.25, 0.3) is 0 Å². The summed E-state index contributed by atoms with van der Waals surface area (Å²) in [7, 11) is 1.59. The lowest BCUT2D eigenvalue weighted by atomic mass is 9.96. The molecule has 0 bridgehead atoms. The average Bonchev–Trinajstić information content (AvgIpc) is 2.84. The van der Waals surface area contributed by atoms with E-state index < -0.39 is 5.41 Å². The predicted octanol–water partition coefficient (Wildman–Crippen LogP) is 4.49. The molecule has 0 spiro atoms. The van der Waals surface area contributed by atoms with Gasteiger partial charge >= 0.3 is 5.97 Å². The van der Waals surface area contributed by atoms with E-state index in [-0.39, 0.29) is 23.7 Å². The van der Waals surface area contributed by atoms with Gasteiger partial charge in [-0.2, -0.15) is 0 Å². The molecular weight excluding hydrogens is 476 g/mol. The molecule has 36 heavy (non-hydrogen) atoms. The Hall–Kier alpha value is -2.84. The number of benzene rings is 2. The van der Waals surface area contributed by atoms with Crippen LogP contribution < -0.4 is 20.5 Å². The summed E-state index contributed by atoms with van der Waals surface area (Å²) in [6.07, 6.45) is 0.746. The molecule has 0 aliphatic heterocycles. The van der Waals surface area contributed by atoms with E-state index in [2.05, 4.69) is 37.4 Å². The maximum absolute atomic E-state index is 12.3. The third kappa shape index (κ3) is 9.66. The van der Waals surface area contributed by atoms with Crippen LogP contribution in [0, 0.1) is 25.2 Å². The number of rotatable bonds is 12. The first-order valence-electron chi connectivity index (χ1n) is 12.2. The van der Waals surface area contributed by atoms with Crippen molar-refractivity contribution in [1.29, 1.82) is 0 Å². The van der Waals surface area contributed by atoms with Crippen LogP contribution in [0.5, 0.6) is 11.5 Å². The van der Waals surface area contributed by atoms with E-state index in [1.165, 1.54) is 16.7 Å². The van der Waals surface area contributed by atoms with Gasteiger partial charge in [-0.1, -0.05) is 24.3 Å². The van der Waals surface area contributed by atoms with Crippen molar-refractivity contribution in [1.82, 2.24) is 5.32 Å². The number of carbonyl (C=O) groups is 1. The van der Waals surface area contributed by atoms with Gasteiger partial charge in [0.2, 0.25) is 0 Å². The number of ether oxygens (including phenoxy) is 4. The number of hydrogen-bond acceptors (Lipinski definition) is 7. The van der Waals surface area contributed by atoms with Gasteiger partial charge in [-0.15, -0.1) is 0 Å². The predicted molar refractivity (Wildman–Crippen MR) is 146 cm³/mol. The fourth-order valence-electron chi connectivity index (χ4n) is 3.38. The third-order valence-electron chi connectivity index (χ3n) is 5.67. The SMILES string of the molecule is COc1cc(COC(=S)NCC(COC(=O)C(C)(C)C)Cc2ccc(C)c(C)c2)ccc1OCCN. The first kappa shape index (κ1) is 29.4. The average molecular weight is 517 g/mol. The minimum Gasteiger partial charge on any atom is -0.493 e. The number of esters is 1. The molecule has 0 aromatic heterocycles. The summed E-state index contributed by atoms with van der Waals surface area (Å²) in [5.74, 6) is 1.04. The molecule has 0 saturated carbocycles. The third-order valence-corrected chi connectivity index (χ3v) is 5.93. The number of hydrogen-bond donors (Lipinski definition) is 2. The lowest BCUT2D eigenvalue weighted by molar-refractivity contribution is -0.154. The number of thiocarbonyl (C=S) groups is 1. The summed E-state index contributed by atoms with van der Waals surface area (Å²) in [4.78, 5) is 12.3. The molecule has 0 amide bonds. The second-order valence-electron chi connectivity index (χ2n) is 9.92. The van der Waals surface area contributed by atoms with Gasteiger partial charge in [-0.3, -0.25) is 4.79 Å². The Kier molecular flexibility index (Phi) is 11.5. The second kappa shape index (κ2) is 14.0. The Morgan fingerprint density at radius 3 is 2.39 bits per heavy atom. The van der Waals surface area contributed by atoms with Gasteiger partial charge in [-0.05, 0) is 87.6 Å². The monoisotopic (exact) mass is 516 g/mol. The molecular formula is C28H40N2O5S. The zero-order valence-electron chi connectivity index (χ0n) is 22.3. The Labute approximate surface area is 220 Å². The van der Waals surface area contributed by atoms with Gasteiger partial charge in [0.05, 0.1) is 19.1 Å². The molecule has 2 aromatic rings. The minimum absolute atomic E-state index is 0.0269.